The van der Waals surface area contributed by atoms with Crippen LogP contribution in [0, 0.1) is 0 Å². The second-order valence-corrected chi connectivity index (χ2v) is 12.6. The molecule has 2 aromatic carbocycles. The number of hydrogen-bond acceptors (Lipinski definition) is 8. The molecule has 0 unspecified atom stereocenters. The SMILES string of the molecule is CN1CC(=O)[C@H](Cc2ccc(OCC/C=C/CCOc3ccc(C[C@@H]4NC(C)(C)N(C)CC4=O)cc3)cc2)NC1(C)C. The third-order valence-electron chi connectivity index (χ3n) is 8.53. The minimum absolute atomic E-state index is 0.164. The Hall–Kier alpha value is -3.04. The zero-order chi connectivity index (χ0) is 30.3. The molecule has 0 bridgehead atoms. The fraction of sp³-hybridized carbons (Fsp3) is 0.529. The van der Waals surface area contributed by atoms with Gasteiger partial charge in [0.25, 0.3) is 0 Å². The predicted molar refractivity (Wildman–Crippen MR) is 167 cm³/mol. The summed E-state index contributed by atoms with van der Waals surface area (Å²) in [7, 11) is 3.94. The monoisotopic (exact) mass is 576 g/mol. The normalized spacial score (nSPS) is 22.9. The first kappa shape index (κ1) is 31.9. The molecule has 2 atom stereocenters. The molecule has 8 heteroatoms. The maximum atomic E-state index is 12.5. The fourth-order valence-corrected chi connectivity index (χ4v) is 5.29. The molecular formula is C34H48N4O4. The highest BCUT2D eigenvalue weighted by atomic mass is 16.5. The van der Waals surface area contributed by atoms with Crippen molar-refractivity contribution in [3.8, 4) is 11.5 Å². The lowest BCUT2D eigenvalue weighted by atomic mass is 9.96. The average Bonchev–Trinajstić information content (AvgIpc) is 2.93. The molecule has 0 radical (unpaired) electrons. The summed E-state index contributed by atoms with van der Waals surface area (Å²) in [6.45, 7) is 10.6. The highest BCUT2D eigenvalue weighted by Crippen LogP contribution is 2.21. The average molecular weight is 577 g/mol. The Labute approximate surface area is 251 Å². The molecule has 0 aliphatic carbocycles. The molecular weight excluding hydrogens is 528 g/mol. The Morgan fingerprint density at radius 1 is 0.690 bits per heavy atom. The first-order valence-corrected chi connectivity index (χ1v) is 15.0. The predicted octanol–water partition coefficient (Wildman–Crippen LogP) is 3.98. The third kappa shape index (κ3) is 8.74. The number of hydrogen-bond donors (Lipinski definition) is 2. The van der Waals surface area contributed by atoms with Crippen LogP contribution < -0.4 is 20.1 Å². The van der Waals surface area contributed by atoms with Gasteiger partial charge < -0.3 is 9.47 Å². The van der Waals surface area contributed by atoms with Crippen molar-refractivity contribution in [3.63, 3.8) is 0 Å². The number of nitrogens with zero attached hydrogens (tertiary/aromatic N) is 2. The summed E-state index contributed by atoms with van der Waals surface area (Å²) in [4.78, 5) is 29.0. The maximum absolute atomic E-state index is 12.5. The summed E-state index contributed by atoms with van der Waals surface area (Å²) in [6, 6.07) is 15.8. The third-order valence-corrected chi connectivity index (χ3v) is 8.53. The van der Waals surface area contributed by atoms with Gasteiger partial charge in [-0.05, 0) is 103 Å². The number of ether oxygens (including phenoxy) is 2. The van der Waals surface area contributed by atoms with Gasteiger partial charge in [0.2, 0.25) is 0 Å². The van der Waals surface area contributed by atoms with Crippen LogP contribution in [0.1, 0.15) is 51.7 Å². The number of Topliss-reactive ketones (excluding diaryl/α,β-unsaturated/α-hetero) is 2. The Kier molecular flexibility index (Phi) is 10.6. The van der Waals surface area contributed by atoms with Gasteiger partial charge in [-0.2, -0.15) is 0 Å². The molecule has 0 aromatic heterocycles. The van der Waals surface area contributed by atoms with Gasteiger partial charge in [-0.3, -0.25) is 30.0 Å². The molecule has 0 saturated carbocycles. The summed E-state index contributed by atoms with van der Waals surface area (Å²) in [6.07, 6.45) is 7.24. The van der Waals surface area contributed by atoms with Gasteiger partial charge in [-0.15, -0.1) is 0 Å². The van der Waals surface area contributed by atoms with Crippen LogP contribution in [0.5, 0.6) is 11.5 Å². The summed E-state index contributed by atoms with van der Waals surface area (Å²) in [5.41, 5.74) is 1.85. The van der Waals surface area contributed by atoms with E-state index in [0.29, 0.717) is 39.1 Å². The Morgan fingerprint density at radius 3 is 1.40 bits per heavy atom. The van der Waals surface area contributed by atoms with E-state index in [9.17, 15) is 9.59 Å². The first-order valence-electron chi connectivity index (χ1n) is 15.0. The summed E-state index contributed by atoms with van der Waals surface area (Å²) in [5.74, 6) is 2.13. The highest BCUT2D eigenvalue weighted by Gasteiger charge is 2.37. The number of benzene rings is 2. The van der Waals surface area contributed by atoms with Crippen molar-refractivity contribution in [1.29, 1.82) is 0 Å². The zero-order valence-electron chi connectivity index (χ0n) is 26.1. The van der Waals surface area contributed by atoms with Crippen LogP contribution in [0.25, 0.3) is 0 Å². The number of carbonyl (C=O) groups is 2. The van der Waals surface area contributed by atoms with Crippen molar-refractivity contribution in [2.24, 2.45) is 0 Å². The van der Waals surface area contributed by atoms with Crippen molar-refractivity contribution >= 4 is 11.6 Å². The molecule has 2 aliphatic heterocycles. The smallest absolute Gasteiger partial charge is 0.164 e. The van der Waals surface area contributed by atoms with Gasteiger partial charge >= 0.3 is 0 Å². The minimum atomic E-state index is -0.196. The molecule has 2 saturated heterocycles. The van der Waals surface area contributed by atoms with Gasteiger partial charge in [-0.25, -0.2) is 0 Å². The van der Waals surface area contributed by atoms with Crippen molar-refractivity contribution in [3.05, 3.63) is 71.8 Å². The number of likely N-dealkylation sites (N-methyl/N-ethyl adjacent to an activating group) is 2. The van der Waals surface area contributed by atoms with Gasteiger partial charge in [0, 0.05) is 0 Å². The van der Waals surface area contributed by atoms with E-state index in [0.717, 1.165) is 35.5 Å². The number of rotatable bonds is 12. The minimum Gasteiger partial charge on any atom is -0.493 e. The van der Waals surface area contributed by atoms with Gasteiger partial charge in [0.05, 0.1) is 49.7 Å². The van der Waals surface area contributed by atoms with E-state index < -0.39 is 0 Å². The van der Waals surface area contributed by atoms with E-state index >= 15 is 0 Å². The van der Waals surface area contributed by atoms with E-state index in [4.69, 9.17) is 9.47 Å². The molecule has 0 amide bonds. The van der Waals surface area contributed by atoms with Gasteiger partial charge in [0.15, 0.2) is 11.6 Å². The van der Waals surface area contributed by atoms with Gasteiger partial charge in [-0.1, -0.05) is 36.4 Å². The Morgan fingerprint density at radius 2 is 1.05 bits per heavy atom. The number of carbonyl (C=O) groups excluding carboxylic acids is 2. The topological polar surface area (TPSA) is 83.1 Å². The molecule has 2 heterocycles. The van der Waals surface area contributed by atoms with Crippen LogP contribution in [0.15, 0.2) is 60.7 Å². The zero-order valence-corrected chi connectivity index (χ0v) is 26.1. The second-order valence-electron chi connectivity index (χ2n) is 12.6. The van der Waals surface area contributed by atoms with Gasteiger partial charge in [0.1, 0.15) is 11.5 Å². The second kappa shape index (κ2) is 14.0. The molecule has 0 spiro atoms. The summed E-state index contributed by atoms with van der Waals surface area (Å²) >= 11 is 0. The maximum Gasteiger partial charge on any atom is 0.164 e. The molecule has 42 heavy (non-hydrogen) atoms. The fourth-order valence-electron chi connectivity index (χ4n) is 5.29. The number of ketones is 2. The van der Waals surface area contributed by atoms with Crippen molar-refractivity contribution in [2.45, 2.75) is 76.8 Å². The Balaban J connectivity index is 1.10. The molecule has 2 aliphatic rings. The summed E-state index contributed by atoms with van der Waals surface area (Å²) < 4.78 is 11.8. The molecule has 4 rings (SSSR count). The van der Waals surface area contributed by atoms with Crippen LogP contribution in [-0.2, 0) is 22.4 Å². The quantitative estimate of drug-likeness (QED) is 0.290. The van der Waals surface area contributed by atoms with Crippen molar-refractivity contribution in [1.82, 2.24) is 20.4 Å². The van der Waals surface area contributed by atoms with Crippen LogP contribution in [0.3, 0.4) is 0 Å². The Bertz CT molecular complexity index is 1130. The largest absolute Gasteiger partial charge is 0.493 e. The van der Waals surface area contributed by atoms with E-state index in [1.165, 1.54) is 0 Å². The molecule has 2 fully saturated rings. The van der Waals surface area contributed by atoms with E-state index in [1.54, 1.807) is 0 Å². The lowest BCUT2D eigenvalue weighted by Gasteiger charge is -2.43. The standard InChI is InChI=1S/C34H48N4O4/c1-33(2)35-29(31(39)23-37(33)5)21-25-11-15-27(16-12-25)41-19-9-7-8-10-20-42-28-17-13-26(14-18-28)22-30-32(40)24-38(6)34(3,4)36-30/h7-8,11-18,29-30,35-36H,9-10,19-24H2,1-6H3/b8-7+/t29-,30-/m0/s1. The van der Waals surface area contributed by atoms with E-state index in [-0.39, 0.29) is 35.0 Å². The summed E-state index contributed by atoms with van der Waals surface area (Å²) in [5, 5.41) is 6.93. The number of nitrogens with one attached hydrogen (secondary N) is 2. The molecule has 228 valence electrons. The highest BCUT2D eigenvalue weighted by molar-refractivity contribution is 5.87. The molecule has 8 nitrogen and oxygen atoms in total. The van der Waals surface area contributed by atoms with Crippen LogP contribution in [-0.4, -0.2) is 85.2 Å². The van der Waals surface area contributed by atoms with Crippen molar-refractivity contribution < 1.29 is 19.1 Å². The van der Waals surface area contributed by atoms with E-state index in [1.807, 2.05) is 72.4 Å². The van der Waals surface area contributed by atoms with E-state index in [2.05, 4.69) is 50.5 Å². The lowest BCUT2D eigenvalue weighted by Crippen LogP contribution is -2.65. The van der Waals surface area contributed by atoms with Crippen LogP contribution >= 0.6 is 0 Å². The lowest BCUT2D eigenvalue weighted by molar-refractivity contribution is -0.129. The molecule has 2 N–H and O–H groups in total. The first-order chi connectivity index (χ1) is 19.9. The van der Waals surface area contributed by atoms with Crippen LogP contribution in [0.2, 0.25) is 0 Å². The molecule has 2 aromatic rings. The van der Waals surface area contributed by atoms with Crippen LogP contribution in [0.4, 0.5) is 0 Å². The van der Waals surface area contributed by atoms with Crippen molar-refractivity contribution in [2.75, 3.05) is 40.4 Å².